The molecule has 0 aliphatic rings. The van der Waals surface area contributed by atoms with Gasteiger partial charge in [0.1, 0.15) is 17.7 Å². The second-order valence-corrected chi connectivity index (χ2v) is 6.38. The van der Waals surface area contributed by atoms with Gasteiger partial charge in [0.05, 0.1) is 17.5 Å². The van der Waals surface area contributed by atoms with Crippen molar-refractivity contribution in [2.45, 2.75) is 6.42 Å². The van der Waals surface area contributed by atoms with Crippen molar-refractivity contribution in [2.24, 2.45) is 0 Å². The van der Waals surface area contributed by atoms with Gasteiger partial charge in [0.2, 0.25) is 0 Å². The summed E-state index contributed by atoms with van der Waals surface area (Å²) in [5.41, 5.74) is 2.84. The molecule has 0 amide bonds. The molecule has 9 nitrogen and oxygen atoms in total. The molecule has 4 aromatic heterocycles. The molecule has 5 rings (SSSR count). The molecule has 0 bridgehead atoms. The number of H-pyrrole nitrogens is 1. The number of hydrogen-bond donors (Lipinski definition) is 2. The average Bonchev–Trinajstić information content (AvgIpc) is 3.24. The first-order chi connectivity index (χ1) is 14.3. The zero-order valence-electron chi connectivity index (χ0n) is 15.3. The summed E-state index contributed by atoms with van der Waals surface area (Å²) in [6, 6.07) is 13.0. The fraction of sp³-hybridized carbons (Fsp3) is 0.100. The van der Waals surface area contributed by atoms with Gasteiger partial charge in [-0.3, -0.25) is 9.36 Å². The molecule has 9 heteroatoms. The second kappa shape index (κ2) is 7.12. The summed E-state index contributed by atoms with van der Waals surface area (Å²) in [6.45, 7) is 0.524. The van der Waals surface area contributed by atoms with Gasteiger partial charge in [-0.2, -0.15) is 0 Å². The van der Waals surface area contributed by atoms with Crippen LogP contribution >= 0.6 is 0 Å². The third-order valence-electron chi connectivity index (χ3n) is 4.58. The van der Waals surface area contributed by atoms with Gasteiger partial charge in [0.25, 0.3) is 5.56 Å². The van der Waals surface area contributed by atoms with E-state index in [1.165, 1.54) is 6.33 Å². The highest BCUT2D eigenvalue weighted by Crippen LogP contribution is 2.15. The summed E-state index contributed by atoms with van der Waals surface area (Å²) >= 11 is 0. The quantitative estimate of drug-likeness (QED) is 0.477. The number of anilines is 1. The molecule has 0 unspecified atom stereocenters. The van der Waals surface area contributed by atoms with E-state index in [1.54, 1.807) is 29.2 Å². The molecule has 5 aromatic rings. The van der Waals surface area contributed by atoms with Gasteiger partial charge in [0.15, 0.2) is 17.0 Å². The molecule has 4 heterocycles. The van der Waals surface area contributed by atoms with Crippen LogP contribution in [0.15, 0.2) is 66.1 Å². The van der Waals surface area contributed by atoms with Crippen LogP contribution in [0.3, 0.4) is 0 Å². The predicted molar refractivity (Wildman–Crippen MR) is 109 cm³/mol. The van der Waals surface area contributed by atoms with E-state index in [9.17, 15) is 4.79 Å². The summed E-state index contributed by atoms with van der Waals surface area (Å²) in [5, 5.41) is 3.28. The van der Waals surface area contributed by atoms with Gasteiger partial charge in [-0.1, -0.05) is 18.2 Å². The monoisotopic (exact) mass is 384 g/mol. The Kier molecular flexibility index (Phi) is 4.17. The summed E-state index contributed by atoms with van der Waals surface area (Å²) in [5.74, 6) is 1.30. The van der Waals surface area contributed by atoms with Crippen LogP contribution in [0, 0.1) is 0 Å². The van der Waals surface area contributed by atoms with Crippen molar-refractivity contribution in [1.82, 2.24) is 34.5 Å². The molecular formula is C20H16N8O. The maximum atomic E-state index is 13.1. The summed E-state index contributed by atoms with van der Waals surface area (Å²) in [7, 11) is 0. The van der Waals surface area contributed by atoms with Crippen LogP contribution in [0.25, 0.3) is 27.9 Å². The highest BCUT2D eigenvalue weighted by Gasteiger charge is 2.14. The minimum absolute atomic E-state index is 0.185. The van der Waals surface area contributed by atoms with Gasteiger partial charge >= 0.3 is 0 Å². The number of aromatic amines is 1. The van der Waals surface area contributed by atoms with Gasteiger partial charge in [-0.25, -0.2) is 24.9 Å². The Labute approximate surface area is 164 Å². The molecule has 29 heavy (non-hydrogen) atoms. The van der Waals surface area contributed by atoms with Crippen LogP contribution in [0.1, 0.15) is 5.82 Å². The van der Waals surface area contributed by atoms with E-state index < -0.39 is 0 Å². The van der Waals surface area contributed by atoms with Crippen LogP contribution in [0.4, 0.5) is 5.82 Å². The SMILES string of the molecule is O=c1c2ncccc2nc(CCNc2ncnc3nc[nH]c23)n1-c1ccccc1. The standard InChI is InChI=1S/C20H16N8O/c29-20-16-14(7-4-9-21-16)27-15(28(20)13-5-2-1-3-6-13)8-10-22-18-17-19(24-11-23-17)26-12-25-18/h1-7,9,11-12H,8,10H2,(H2,22,23,24,25,26). The van der Waals surface area contributed by atoms with E-state index in [0.717, 1.165) is 11.2 Å². The molecule has 0 saturated heterocycles. The van der Waals surface area contributed by atoms with E-state index in [4.69, 9.17) is 4.98 Å². The second-order valence-electron chi connectivity index (χ2n) is 6.38. The predicted octanol–water partition coefficient (Wildman–Crippen LogP) is 2.10. The Bertz CT molecular complexity index is 1360. The van der Waals surface area contributed by atoms with Crippen LogP contribution in [0.2, 0.25) is 0 Å². The topological polar surface area (TPSA) is 114 Å². The van der Waals surface area contributed by atoms with Crippen LogP contribution < -0.4 is 10.9 Å². The summed E-state index contributed by atoms with van der Waals surface area (Å²) in [6.07, 6.45) is 5.15. The number of pyridine rings is 1. The molecular weight excluding hydrogens is 368 g/mol. The van der Waals surface area contributed by atoms with E-state index in [1.807, 2.05) is 30.3 Å². The lowest BCUT2D eigenvalue weighted by atomic mass is 10.2. The van der Waals surface area contributed by atoms with Gasteiger partial charge in [-0.15, -0.1) is 0 Å². The number of para-hydroxylation sites is 1. The zero-order chi connectivity index (χ0) is 19.6. The number of aromatic nitrogens is 7. The molecule has 0 atom stereocenters. The fourth-order valence-corrected chi connectivity index (χ4v) is 3.27. The molecule has 2 N–H and O–H groups in total. The molecule has 0 saturated carbocycles. The number of benzene rings is 1. The van der Waals surface area contributed by atoms with Crippen LogP contribution in [-0.2, 0) is 6.42 Å². The molecule has 1 aromatic carbocycles. The maximum Gasteiger partial charge on any atom is 0.284 e. The van der Waals surface area contributed by atoms with Gasteiger partial charge < -0.3 is 10.3 Å². The summed E-state index contributed by atoms with van der Waals surface area (Å²) < 4.78 is 1.61. The number of nitrogens with one attached hydrogen (secondary N) is 2. The molecule has 0 spiro atoms. The first-order valence-electron chi connectivity index (χ1n) is 9.11. The normalized spacial score (nSPS) is 11.2. The number of imidazole rings is 1. The van der Waals surface area contributed by atoms with Gasteiger partial charge in [-0.05, 0) is 24.3 Å². The van der Waals surface area contributed by atoms with Crippen molar-refractivity contribution in [3.8, 4) is 5.69 Å². The first-order valence-corrected chi connectivity index (χ1v) is 9.11. The smallest absolute Gasteiger partial charge is 0.284 e. The lowest BCUT2D eigenvalue weighted by molar-refractivity contribution is 0.807. The molecule has 0 aliphatic carbocycles. The molecule has 142 valence electrons. The Morgan fingerprint density at radius 2 is 1.90 bits per heavy atom. The minimum atomic E-state index is -0.185. The third-order valence-corrected chi connectivity index (χ3v) is 4.58. The number of fused-ring (bicyclic) bond motifs is 2. The Morgan fingerprint density at radius 3 is 2.79 bits per heavy atom. The number of rotatable bonds is 5. The maximum absolute atomic E-state index is 13.1. The largest absolute Gasteiger partial charge is 0.368 e. The van der Waals surface area contributed by atoms with Crippen molar-refractivity contribution in [3.05, 3.63) is 77.5 Å². The first kappa shape index (κ1) is 17.0. The average molecular weight is 384 g/mol. The highest BCUT2D eigenvalue weighted by atomic mass is 16.1. The Balaban J connectivity index is 1.52. The van der Waals surface area contributed by atoms with Crippen molar-refractivity contribution in [3.63, 3.8) is 0 Å². The zero-order valence-corrected chi connectivity index (χ0v) is 15.3. The van der Waals surface area contributed by atoms with Crippen molar-refractivity contribution in [1.29, 1.82) is 0 Å². The van der Waals surface area contributed by atoms with Crippen LogP contribution in [-0.4, -0.2) is 41.0 Å². The van der Waals surface area contributed by atoms with Crippen LogP contribution in [0.5, 0.6) is 0 Å². The third kappa shape index (κ3) is 3.08. The van der Waals surface area contributed by atoms with Crippen molar-refractivity contribution in [2.75, 3.05) is 11.9 Å². The van der Waals surface area contributed by atoms with Crippen molar-refractivity contribution >= 4 is 28.0 Å². The Hall–Kier alpha value is -4.14. The fourth-order valence-electron chi connectivity index (χ4n) is 3.27. The lowest BCUT2D eigenvalue weighted by Crippen LogP contribution is -2.26. The molecule has 0 fully saturated rings. The Morgan fingerprint density at radius 1 is 1.00 bits per heavy atom. The molecule has 0 radical (unpaired) electrons. The van der Waals surface area contributed by atoms with E-state index in [0.29, 0.717) is 41.3 Å². The minimum Gasteiger partial charge on any atom is -0.368 e. The highest BCUT2D eigenvalue weighted by molar-refractivity contribution is 5.81. The van der Waals surface area contributed by atoms with E-state index >= 15 is 0 Å². The van der Waals surface area contributed by atoms with E-state index in [2.05, 4.69) is 30.2 Å². The van der Waals surface area contributed by atoms with Crippen molar-refractivity contribution < 1.29 is 0 Å². The number of nitrogens with zero attached hydrogens (tertiary/aromatic N) is 6. The molecule has 0 aliphatic heterocycles. The van der Waals surface area contributed by atoms with E-state index in [-0.39, 0.29) is 5.56 Å². The lowest BCUT2D eigenvalue weighted by Gasteiger charge is -2.14. The van der Waals surface area contributed by atoms with Gasteiger partial charge in [0, 0.05) is 19.2 Å². The number of hydrogen-bond acceptors (Lipinski definition) is 7. The summed E-state index contributed by atoms with van der Waals surface area (Å²) in [4.78, 5) is 37.6.